The molecule has 0 aliphatic heterocycles. The Hall–Kier alpha value is -0.940. The fraction of sp³-hybridized carbons (Fsp3) is 0.267. The molecule has 1 unspecified atom stereocenters. The van der Waals surface area contributed by atoms with Crippen molar-refractivity contribution in [1.82, 2.24) is 10.3 Å². The van der Waals surface area contributed by atoms with Crippen LogP contribution in [-0.4, -0.2) is 11.5 Å². The molecule has 0 fully saturated rings. The van der Waals surface area contributed by atoms with Gasteiger partial charge in [0.15, 0.2) is 0 Å². The quantitative estimate of drug-likeness (QED) is 0.832. The van der Waals surface area contributed by atoms with Gasteiger partial charge in [0.05, 0.1) is 0 Å². The predicted molar refractivity (Wildman–Crippen MR) is 83.5 cm³/mol. The van der Waals surface area contributed by atoms with Crippen molar-refractivity contribution < 1.29 is 0 Å². The lowest BCUT2D eigenvalue weighted by Crippen LogP contribution is -2.23. The van der Waals surface area contributed by atoms with Crippen LogP contribution in [0, 0.1) is 3.57 Å². The van der Waals surface area contributed by atoms with Gasteiger partial charge in [0.25, 0.3) is 0 Å². The number of hydrogen-bond acceptors (Lipinski definition) is 2. The van der Waals surface area contributed by atoms with Gasteiger partial charge in [0.1, 0.15) is 0 Å². The van der Waals surface area contributed by atoms with Crippen LogP contribution in [0.25, 0.3) is 0 Å². The molecule has 2 rings (SSSR count). The van der Waals surface area contributed by atoms with E-state index in [4.69, 9.17) is 0 Å². The second-order valence-corrected chi connectivity index (χ2v) is 5.35. The molecule has 3 heteroatoms. The lowest BCUT2D eigenvalue weighted by molar-refractivity contribution is 0.547. The molecule has 1 aromatic carbocycles. The van der Waals surface area contributed by atoms with Crippen LogP contribution in [0.1, 0.15) is 24.1 Å². The van der Waals surface area contributed by atoms with Crippen LogP contribution in [0.5, 0.6) is 0 Å². The number of nitrogens with zero attached hydrogens (tertiary/aromatic N) is 1. The summed E-state index contributed by atoms with van der Waals surface area (Å²) in [5, 5.41) is 3.56. The summed E-state index contributed by atoms with van der Waals surface area (Å²) in [7, 11) is 0. The molecule has 0 aliphatic rings. The average molecular weight is 352 g/mol. The Bertz CT molecular complexity index is 485. The first-order valence-corrected chi connectivity index (χ1v) is 7.26. The lowest BCUT2D eigenvalue weighted by Gasteiger charge is -2.19. The van der Waals surface area contributed by atoms with Gasteiger partial charge in [0.2, 0.25) is 0 Å². The summed E-state index contributed by atoms with van der Waals surface area (Å²) in [6, 6.07) is 13.1. The largest absolute Gasteiger partial charge is 0.310 e. The molecule has 1 N–H and O–H groups in total. The Labute approximate surface area is 122 Å². The van der Waals surface area contributed by atoms with Crippen LogP contribution < -0.4 is 5.32 Å². The van der Waals surface area contributed by atoms with Crippen molar-refractivity contribution in [2.45, 2.75) is 19.4 Å². The standard InChI is InChI=1S/C15H17IN2/c1-2-18-15(11-12-7-9-17-10-8-12)13-5-3-4-6-14(13)16/h3-10,15,18H,2,11H2,1H3. The molecule has 0 bridgehead atoms. The Morgan fingerprint density at radius 1 is 1.17 bits per heavy atom. The summed E-state index contributed by atoms with van der Waals surface area (Å²) >= 11 is 2.41. The van der Waals surface area contributed by atoms with E-state index in [1.807, 2.05) is 12.4 Å². The molecular weight excluding hydrogens is 335 g/mol. The summed E-state index contributed by atoms with van der Waals surface area (Å²) < 4.78 is 1.31. The number of rotatable bonds is 5. The monoisotopic (exact) mass is 352 g/mol. The van der Waals surface area contributed by atoms with E-state index < -0.39 is 0 Å². The smallest absolute Gasteiger partial charge is 0.0371 e. The normalized spacial score (nSPS) is 12.3. The Morgan fingerprint density at radius 3 is 2.56 bits per heavy atom. The first kappa shape index (κ1) is 13.5. The Balaban J connectivity index is 2.21. The Morgan fingerprint density at radius 2 is 1.89 bits per heavy atom. The second-order valence-electron chi connectivity index (χ2n) is 4.19. The first-order chi connectivity index (χ1) is 8.81. The van der Waals surface area contributed by atoms with Crippen LogP contribution in [0.3, 0.4) is 0 Å². The molecule has 0 saturated heterocycles. The van der Waals surface area contributed by atoms with Gasteiger partial charge in [-0.25, -0.2) is 0 Å². The fourth-order valence-corrected chi connectivity index (χ4v) is 2.81. The zero-order chi connectivity index (χ0) is 12.8. The van der Waals surface area contributed by atoms with Gasteiger partial charge in [-0.2, -0.15) is 0 Å². The maximum absolute atomic E-state index is 4.07. The van der Waals surface area contributed by atoms with Crippen LogP contribution in [0.4, 0.5) is 0 Å². The van der Waals surface area contributed by atoms with E-state index in [0.29, 0.717) is 6.04 Å². The van der Waals surface area contributed by atoms with Crippen LogP contribution in [0.2, 0.25) is 0 Å². The highest BCUT2D eigenvalue weighted by atomic mass is 127. The molecule has 0 aliphatic carbocycles. The number of benzene rings is 1. The lowest BCUT2D eigenvalue weighted by atomic mass is 9.99. The Kier molecular flexibility index (Phi) is 5.13. The molecule has 2 aromatic rings. The minimum absolute atomic E-state index is 0.366. The van der Waals surface area contributed by atoms with Crippen molar-refractivity contribution in [2.24, 2.45) is 0 Å². The third-order valence-electron chi connectivity index (χ3n) is 2.92. The van der Waals surface area contributed by atoms with E-state index in [0.717, 1.165) is 13.0 Å². The van der Waals surface area contributed by atoms with E-state index in [1.54, 1.807) is 0 Å². The highest BCUT2D eigenvalue weighted by Crippen LogP contribution is 2.23. The molecule has 0 spiro atoms. The third kappa shape index (κ3) is 3.53. The van der Waals surface area contributed by atoms with E-state index >= 15 is 0 Å². The molecule has 0 amide bonds. The SMILES string of the molecule is CCNC(Cc1ccncc1)c1ccccc1I. The topological polar surface area (TPSA) is 24.9 Å². The van der Waals surface area contributed by atoms with E-state index in [9.17, 15) is 0 Å². The van der Waals surface area contributed by atoms with Crippen molar-refractivity contribution in [3.8, 4) is 0 Å². The van der Waals surface area contributed by atoms with Crippen molar-refractivity contribution >= 4 is 22.6 Å². The molecule has 2 nitrogen and oxygen atoms in total. The minimum Gasteiger partial charge on any atom is -0.310 e. The van der Waals surface area contributed by atoms with Crippen LogP contribution in [0.15, 0.2) is 48.8 Å². The van der Waals surface area contributed by atoms with Gasteiger partial charge >= 0.3 is 0 Å². The number of halogens is 1. The molecule has 1 aromatic heterocycles. The van der Waals surface area contributed by atoms with Crippen molar-refractivity contribution in [2.75, 3.05) is 6.54 Å². The van der Waals surface area contributed by atoms with Crippen LogP contribution in [-0.2, 0) is 6.42 Å². The van der Waals surface area contributed by atoms with Gasteiger partial charge in [-0.05, 0) is 64.9 Å². The van der Waals surface area contributed by atoms with E-state index in [2.05, 4.69) is 76.2 Å². The number of aromatic nitrogens is 1. The molecule has 94 valence electrons. The van der Waals surface area contributed by atoms with Crippen molar-refractivity contribution in [3.63, 3.8) is 0 Å². The van der Waals surface area contributed by atoms with Crippen LogP contribution >= 0.6 is 22.6 Å². The summed E-state index contributed by atoms with van der Waals surface area (Å²) in [6.45, 7) is 3.12. The molecule has 0 saturated carbocycles. The number of likely N-dealkylation sites (N-methyl/N-ethyl adjacent to an activating group) is 1. The predicted octanol–water partition coefficient (Wildman–Crippen LogP) is 3.58. The summed E-state index contributed by atoms with van der Waals surface area (Å²) in [5.74, 6) is 0. The van der Waals surface area contributed by atoms with Gasteiger partial charge < -0.3 is 5.32 Å². The van der Waals surface area contributed by atoms with E-state index in [1.165, 1.54) is 14.7 Å². The number of hydrogen-bond donors (Lipinski definition) is 1. The average Bonchev–Trinajstić information content (AvgIpc) is 2.40. The highest BCUT2D eigenvalue weighted by Gasteiger charge is 2.13. The molecule has 1 heterocycles. The van der Waals surface area contributed by atoms with Gasteiger partial charge in [-0.1, -0.05) is 25.1 Å². The maximum Gasteiger partial charge on any atom is 0.0371 e. The molecular formula is C15H17IN2. The first-order valence-electron chi connectivity index (χ1n) is 6.18. The van der Waals surface area contributed by atoms with Crippen molar-refractivity contribution in [3.05, 3.63) is 63.5 Å². The zero-order valence-corrected chi connectivity index (χ0v) is 12.6. The second kappa shape index (κ2) is 6.85. The minimum atomic E-state index is 0.366. The van der Waals surface area contributed by atoms with Gasteiger partial charge in [-0.3, -0.25) is 4.98 Å². The van der Waals surface area contributed by atoms with Gasteiger partial charge in [0, 0.05) is 22.0 Å². The summed E-state index contributed by atoms with van der Waals surface area (Å²) in [5.41, 5.74) is 2.69. The molecule has 0 radical (unpaired) electrons. The maximum atomic E-state index is 4.07. The zero-order valence-electron chi connectivity index (χ0n) is 10.4. The summed E-state index contributed by atoms with van der Waals surface area (Å²) in [4.78, 5) is 4.07. The highest BCUT2D eigenvalue weighted by molar-refractivity contribution is 14.1. The van der Waals surface area contributed by atoms with Crippen molar-refractivity contribution in [1.29, 1.82) is 0 Å². The van der Waals surface area contributed by atoms with Gasteiger partial charge in [-0.15, -0.1) is 0 Å². The number of pyridine rings is 1. The van der Waals surface area contributed by atoms with E-state index in [-0.39, 0.29) is 0 Å². The molecule has 1 atom stereocenters. The molecule has 18 heavy (non-hydrogen) atoms. The third-order valence-corrected chi connectivity index (χ3v) is 3.90. The summed E-state index contributed by atoms with van der Waals surface area (Å²) in [6.07, 6.45) is 4.71. The number of nitrogens with one attached hydrogen (secondary N) is 1. The fourth-order valence-electron chi connectivity index (χ4n) is 2.05.